The monoisotopic (exact) mass is 895 g/mol. The maximum atomic E-state index is 12.8. The molecule has 0 aromatic rings. The molecule has 0 amide bonds. The van der Waals surface area contributed by atoms with Gasteiger partial charge in [0.25, 0.3) is 0 Å². The molecule has 1 unspecified atom stereocenters. The predicted molar refractivity (Wildman–Crippen MR) is 275 cm³/mol. The van der Waals surface area contributed by atoms with E-state index in [0.29, 0.717) is 19.3 Å². The minimum Gasteiger partial charge on any atom is -0.462 e. The Morgan fingerprint density at radius 1 is 0.328 bits per heavy atom. The summed E-state index contributed by atoms with van der Waals surface area (Å²) in [5.41, 5.74) is 0. The molecule has 0 aromatic heterocycles. The first-order valence-corrected chi connectivity index (χ1v) is 27.3. The zero-order valence-electron chi connectivity index (χ0n) is 42.3. The van der Waals surface area contributed by atoms with Gasteiger partial charge in [0.15, 0.2) is 6.10 Å². The minimum atomic E-state index is -0.777. The lowest BCUT2D eigenvalue weighted by Gasteiger charge is -2.18. The van der Waals surface area contributed by atoms with Gasteiger partial charge in [-0.25, -0.2) is 0 Å². The average molecular weight is 895 g/mol. The van der Waals surface area contributed by atoms with Crippen molar-refractivity contribution in [3.05, 3.63) is 60.8 Å². The van der Waals surface area contributed by atoms with Gasteiger partial charge >= 0.3 is 17.9 Å². The molecule has 0 saturated heterocycles. The van der Waals surface area contributed by atoms with Crippen molar-refractivity contribution in [3.63, 3.8) is 0 Å². The van der Waals surface area contributed by atoms with Crippen LogP contribution >= 0.6 is 0 Å². The largest absolute Gasteiger partial charge is 0.462 e. The first-order valence-electron chi connectivity index (χ1n) is 27.3. The summed E-state index contributed by atoms with van der Waals surface area (Å²) in [6.07, 6.45) is 64.9. The van der Waals surface area contributed by atoms with Gasteiger partial charge in [-0.15, -0.1) is 0 Å². The number of carbonyl (C=O) groups is 3. The summed E-state index contributed by atoms with van der Waals surface area (Å²) in [5, 5.41) is 0. The molecule has 0 bridgehead atoms. The highest BCUT2D eigenvalue weighted by Gasteiger charge is 2.19. The first-order chi connectivity index (χ1) is 31.5. The lowest BCUT2D eigenvalue weighted by molar-refractivity contribution is -0.167. The molecular weight excluding hydrogens is 793 g/mol. The van der Waals surface area contributed by atoms with E-state index in [9.17, 15) is 14.4 Å². The Hall–Kier alpha value is -2.89. The van der Waals surface area contributed by atoms with Gasteiger partial charge in [-0.05, 0) is 64.2 Å². The molecular formula is C58H102O6. The number of carbonyl (C=O) groups excluding carboxylic acids is 3. The lowest BCUT2D eigenvalue weighted by atomic mass is 10.0. The van der Waals surface area contributed by atoms with Gasteiger partial charge in [-0.2, -0.15) is 0 Å². The zero-order chi connectivity index (χ0) is 46.5. The van der Waals surface area contributed by atoms with E-state index in [1.165, 1.54) is 122 Å². The van der Waals surface area contributed by atoms with Gasteiger partial charge in [0.2, 0.25) is 0 Å². The fourth-order valence-electron chi connectivity index (χ4n) is 7.70. The molecule has 0 radical (unpaired) electrons. The number of rotatable bonds is 49. The number of esters is 3. The topological polar surface area (TPSA) is 78.9 Å². The van der Waals surface area contributed by atoms with Crippen LogP contribution in [0.15, 0.2) is 60.8 Å². The highest BCUT2D eigenvalue weighted by molar-refractivity contribution is 5.71. The number of hydrogen-bond donors (Lipinski definition) is 0. The summed E-state index contributed by atoms with van der Waals surface area (Å²) in [4.78, 5) is 38.0. The summed E-state index contributed by atoms with van der Waals surface area (Å²) in [6, 6.07) is 0. The molecule has 0 aliphatic heterocycles. The van der Waals surface area contributed by atoms with E-state index < -0.39 is 6.10 Å². The van der Waals surface area contributed by atoms with Crippen LogP contribution in [0.1, 0.15) is 271 Å². The molecule has 0 saturated carbocycles. The molecule has 0 fully saturated rings. The van der Waals surface area contributed by atoms with E-state index >= 15 is 0 Å². The van der Waals surface area contributed by atoms with Crippen LogP contribution in [0.25, 0.3) is 0 Å². The molecule has 64 heavy (non-hydrogen) atoms. The van der Waals surface area contributed by atoms with Gasteiger partial charge in [0.05, 0.1) is 0 Å². The van der Waals surface area contributed by atoms with Crippen LogP contribution in [0.3, 0.4) is 0 Å². The summed E-state index contributed by atoms with van der Waals surface area (Å²) < 4.78 is 16.8. The molecule has 0 rings (SSSR count). The number of unbranched alkanes of at least 4 members (excludes halogenated alkanes) is 28. The third-order valence-electron chi connectivity index (χ3n) is 11.8. The van der Waals surface area contributed by atoms with Gasteiger partial charge in [0.1, 0.15) is 13.2 Å². The van der Waals surface area contributed by atoms with Crippen molar-refractivity contribution in [2.75, 3.05) is 13.2 Å². The molecule has 0 heterocycles. The quantitative estimate of drug-likeness (QED) is 0.0262. The highest BCUT2D eigenvalue weighted by atomic mass is 16.6. The lowest BCUT2D eigenvalue weighted by Crippen LogP contribution is -2.30. The SMILES string of the molecule is CC/C=C\C/C=C\C/C=C\C/C=C\C/C=C\CCCCCCCC(=O)OCC(COC(=O)CCCCCCCCCCCCC)OC(=O)CCCCCCCCCCCCCCCC. The van der Waals surface area contributed by atoms with Crippen molar-refractivity contribution in [1.29, 1.82) is 0 Å². The minimum absolute atomic E-state index is 0.0769. The fraction of sp³-hybridized carbons (Fsp3) is 0.776. The van der Waals surface area contributed by atoms with E-state index in [2.05, 4.69) is 81.5 Å². The van der Waals surface area contributed by atoms with Crippen molar-refractivity contribution in [1.82, 2.24) is 0 Å². The Morgan fingerprint density at radius 3 is 0.953 bits per heavy atom. The third kappa shape index (κ3) is 50.1. The van der Waals surface area contributed by atoms with E-state index in [4.69, 9.17) is 14.2 Å². The van der Waals surface area contributed by atoms with Crippen LogP contribution in [0, 0.1) is 0 Å². The predicted octanol–water partition coefficient (Wildman–Crippen LogP) is 18.0. The summed E-state index contributed by atoms with van der Waals surface area (Å²) >= 11 is 0. The van der Waals surface area contributed by atoms with Crippen LogP contribution in [0.4, 0.5) is 0 Å². The van der Waals surface area contributed by atoms with Crippen LogP contribution in [-0.4, -0.2) is 37.2 Å². The van der Waals surface area contributed by atoms with Gasteiger partial charge < -0.3 is 14.2 Å². The summed E-state index contributed by atoms with van der Waals surface area (Å²) in [5.74, 6) is -0.887. The second-order valence-electron chi connectivity index (χ2n) is 18.1. The molecule has 370 valence electrons. The number of ether oxygens (including phenoxy) is 3. The summed E-state index contributed by atoms with van der Waals surface area (Å²) in [7, 11) is 0. The van der Waals surface area contributed by atoms with Crippen molar-refractivity contribution in [3.8, 4) is 0 Å². The Morgan fingerprint density at radius 2 is 0.609 bits per heavy atom. The molecule has 0 spiro atoms. The maximum absolute atomic E-state index is 12.8. The van der Waals surface area contributed by atoms with Crippen molar-refractivity contribution >= 4 is 17.9 Å². The average Bonchev–Trinajstić information content (AvgIpc) is 3.29. The Balaban J connectivity index is 4.35. The molecule has 0 aliphatic rings. The molecule has 0 N–H and O–H groups in total. The van der Waals surface area contributed by atoms with Crippen molar-refractivity contribution in [2.45, 2.75) is 277 Å². The zero-order valence-corrected chi connectivity index (χ0v) is 42.3. The maximum Gasteiger partial charge on any atom is 0.306 e. The van der Waals surface area contributed by atoms with Crippen LogP contribution in [0.2, 0.25) is 0 Å². The van der Waals surface area contributed by atoms with Crippen molar-refractivity contribution in [2.24, 2.45) is 0 Å². The Labute approximate surface area is 396 Å². The molecule has 6 heteroatoms. The van der Waals surface area contributed by atoms with E-state index in [1.54, 1.807) is 0 Å². The van der Waals surface area contributed by atoms with Gasteiger partial charge in [-0.3, -0.25) is 14.4 Å². The van der Waals surface area contributed by atoms with Crippen LogP contribution < -0.4 is 0 Å². The normalized spacial score (nSPS) is 12.5. The smallest absolute Gasteiger partial charge is 0.306 e. The first kappa shape index (κ1) is 61.1. The van der Waals surface area contributed by atoms with Gasteiger partial charge in [0, 0.05) is 19.3 Å². The van der Waals surface area contributed by atoms with Crippen LogP contribution in [0.5, 0.6) is 0 Å². The second-order valence-corrected chi connectivity index (χ2v) is 18.1. The molecule has 6 nitrogen and oxygen atoms in total. The van der Waals surface area contributed by atoms with Gasteiger partial charge in [-0.1, -0.05) is 248 Å². The number of allylic oxidation sites excluding steroid dienone is 10. The molecule has 0 aliphatic carbocycles. The fourth-order valence-corrected chi connectivity index (χ4v) is 7.70. The highest BCUT2D eigenvalue weighted by Crippen LogP contribution is 2.16. The number of hydrogen-bond acceptors (Lipinski definition) is 6. The summed E-state index contributed by atoms with van der Waals surface area (Å²) in [6.45, 7) is 6.52. The third-order valence-corrected chi connectivity index (χ3v) is 11.8. The van der Waals surface area contributed by atoms with Crippen LogP contribution in [-0.2, 0) is 28.6 Å². The van der Waals surface area contributed by atoms with E-state index in [0.717, 1.165) is 109 Å². The second kappa shape index (κ2) is 52.7. The Kier molecular flexibility index (Phi) is 50.4. The van der Waals surface area contributed by atoms with Crippen molar-refractivity contribution < 1.29 is 28.6 Å². The molecule has 1 atom stereocenters. The Bertz CT molecular complexity index is 1170. The standard InChI is InChI=1S/C58H102O6/c1-4-7-10-13-16-19-22-24-26-27-28-29-30-31-32-34-36-39-42-45-48-51-57(60)63-54-55(53-62-56(59)50-47-44-41-38-35-21-18-15-12-9-6-3)64-58(61)52-49-46-43-40-37-33-25-23-20-17-14-11-8-5-2/h7,10,16,19,24,26,28-29,31-32,55H,4-6,8-9,11-15,17-18,20-23,25,27,30,33-54H2,1-3H3/b10-7-,19-16-,26-24-,29-28-,32-31-. The van der Waals surface area contributed by atoms with E-state index in [-0.39, 0.29) is 31.1 Å². The molecule has 0 aromatic carbocycles. The van der Waals surface area contributed by atoms with E-state index in [1.807, 2.05) is 0 Å².